The summed E-state index contributed by atoms with van der Waals surface area (Å²) >= 11 is 0. The van der Waals surface area contributed by atoms with Gasteiger partial charge in [0.15, 0.2) is 5.96 Å². The van der Waals surface area contributed by atoms with Gasteiger partial charge in [-0.15, -0.1) is 24.0 Å². The third-order valence-electron chi connectivity index (χ3n) is 5.37. The zero-order chi connectivity index (χ0) is 21.0. The Morgan fingerprint density at radius 1 is 1.13 bits per heavy atom. The number of nitrogens with one attached hydrogen (secondary N) is 2. The van der Waals surface area contributed by atoms with Gasteiger partial charge in [-0.05, 0) is 37.1 Å². The standard InChI is InChI=1S/C24H29N5O.HI/c1-24(2)15-21(20-11-6-7-12-22(20)30-24)28-23(25-3)26-16-18-9-4-5-10-19(18)17-29-14-8-13-27-29;/h4-14,21H,15-17H2,1-3H3,(H2,25,26,28);1H. The van der Waals surface area contributed by atoms with Crippen molar-refractivity contribution in [2.45, 2.75) is 45.0 Å². The summed E-state index contributed by atoms with van der Waals surface area (Å²) in [7, 11) is 1.81. The van der Waals surface area contributed by atoms with Gasteiger partial charge in [0.05, 0.1) is 12.6 Å². The van der Waals surface area contributed by atoms with Crippen LogP contribution in [0.2, 0.25) is 0 Å². The van der Waals surface area contributed by atoms with Gasteiger partial charge in [-0.25, -0.2) is 0 Å². The minimum atomic E-state index is -0.235. The number of benzene rings is 2. The van der Waals surface area contributed by atoms with E-state index in [2.05, 4.69) is 71.0 Å². The number of aliphatic imine (C=N–C) groups is 1. The zero-order valence-corrected chi connectivity index (χ0v) is 20.5. The van der Waals surface area contributed by atoms with Crippen LogP contribution >= 0.6 is 24.0 Å². The Hall–Kier alpha value is -2.55. The molecule has 0 amide bonds. The SMILES string of the molecule is CN=C(NCc1ccccc1Cn1cccn1)NC1CC(C)(C)Oc2ccccc21.I. The maximum atomic E-state index is 6.15. The quantitative estimate of drug-likeness (QED) is 0.289. The van der Waals surface area contributed by atoms with Crippen molar-refractivity contribution in [3.05, 3.63) is 83.7 Å². The van der Waals surface area contributed by atoms with Crippen molar-refractivity contribution in [1.29, 1.82) is 0 Å². The number of rotatable bonds is 5. The number of ether oxygens (including phenoxy) is 1. The van der Waals surface area contributed by atoms with Crippen LogP contribution in [0, 0.1) is 0 Å². The van der Waals surface area contributed by atoms with Crippen LogP contribution in [0.15, 0.2) is 72.0 Å². The van der Waals surface area contributed by atoms with Gasteiger partial charge in [-0.1, -0.05) is 42.5 Å². The monoisotopic (exact) mass is 531 g/mol. The van der Waals surface area contributed by atoms with E-state index >= 15 is 0 Å². The summed E-state index contributed by atoms with van der Waals surface area (Å²) in [6.45, 7) is 5.68. The molecule has 1 atom stereocenters. The molecule has 0 saturated heterocycles. The second kappa shape index (κ2) is 10.2. The lowest BCUT2D eigenvalue weighted by Crippen LogP contribution is -2.45. The molecule has 4 rings (SSSR count). The Morgan fingerprint density at radius 3 is 2.61 bits per heavy atom. The normalized spacial score (nSPS) is 17.1. The highest BCUT2D eigenvalue weighted by Crippen LogP contribution is 2.39. The van der Waals surface area contributed by atoms with Crippen molar-refractivity contribution in [2.24, 2.45) is 4.99 Å². The highest BCUT2D eigenvalue weighted by atomic mass is 127. The number of guanidine groups is 1. The Labute approximate surface area is 201 Å². The zero-order valence-electron chi connectivity index (χ0n) is 18.2. The van der Waals surface area contributed by atoms with Crippen LogP contribution in [0.5, 0.6) is 5.75 Å². The smallest absolute Gasteiger partial charge is 0.191 e. The van der Waals surface area contributed by atoms with E-state index in [0.717, 1.165) is 24.7 Å². The predicted molar refractivity (Wildman–Crippen MR) is 135 cm³/mol. The lowest BCUT2D eigenvalue weighted by Gasteiger charge is -2.38. The van der Waals surface area contributed by atoms with E-state index in [1.165, 1.54) is 16.7 Å². The van der Waals surface area contributed by atoms with Gasteiger partial charge in [0.1, 0.15) is 11.4 Å². The average Bonchev–Trinajstić information content (AvgIpc) is 3.24. The topological polar surface area (TPSA) is 63.5 Å². The molecule has 0 saturated carbocycles. The molecule has 7 heteroatoms. The van der Waals surface area contributed by atoms with E-state index in [0.29, 0.717) is 6.54 Å². The molecule has 1 aromatic heterocycles. The highest BCUT2D eigenvalue weighted by molar-refractivity contribution is 14.0. The predicted octanol–water partition coefficient (Wildman–Crippen LogP) is 4.52. The first kappa shape index (κ1) is 23.1. The van der Waals surface area contributed by atoms with Gasteiger partial charge < -0.3 is 15.4 Å². The van der Waals surface area contributed by atoms with Crippen LogP contribution < -0.4 is 15.4 Å². The fraction of sp³-hybridized carbons (Fsp3) is 0.333. The fourth-order valence-corrected chi connectivity index (χ4v) is 3.92. The number of aromatic nitrogens is 2. The van der Waals surface area contributed by atoms with Gasteiger partial charge in [0.2, 0.25) is 0 Å². The Morgan fingerprint density at radius 2 is 1.87 bits per heavy atom. The molecule has 0 fully saturated rings. The molecule has 2 aromatic carbocycles. The molecule has 1 aliphatic rings. The summed E-state index contributed by atoms with van der Waals surface area (Å²) in [5, 5.41) is 11.4. The number of fused-ring (bicyclic) bond motifs is 1. The molecular formula is C24H30IN5O. The molecule has 1 aliphatic heterocycles. The van der Waals surface area contributed by atoms with Crippen LogP contribution in [0.3, 0.4) is 0 Å². The van der Waals surface area contributed by atoms with E-state index < -0.39 is 0 Å². The van der Waals surface area contributed by atoms with Crippen molar-refractivity contribution < 1.29 is 4.74 Å². The van der Waals surface area contributed by atoms with Crippen molar-refractivity contribution in [1.82, 2.24) is 20.4 Å². The number of para-hydroxylation sites is 1. The van der Waals surface area contributed by atoms with Gasteiger partial charge in [-0.3, -0.25) is 9.67 Å². The van der Waals surface area contributed by atoms with Crippen molar-refractivity contribution >= 4 is 29.9 Å². The van der Waals surface area contributed by atoms with E-state index in [4.69, 9.17) is 4.74 Å². The molecule has 31 heavy (non-hydrogen) atoms. The fourth-order valence-electron chi connectivity index (χ4n) is 3.92. The molecule has 2 N–H and O–H groups in total. The molecule has 6 nitrogen and oxygen atoms in total. The average molecular weight is 531 g/mol. The van der Waals surface area contributed by atoms with Gasteiger partial charge in [-0.2, -0.15) is 5.10 Å². The second-order valence-electron chi connectivity index (χ2n) is 8.20. The maximum Gasteiger partial charge on any atom is 0.191 e. The molecule has 2 heterocycles. The van der Waals surface area contributed by atoms with Crippen LogP contribution in [0.4, 0.5) is 0 Å². The van der Waals surface area contributed by atoms with Crippen LogP contribution in [0.25, 0.3) is 0 Å². The summed E-state index contributed by atoms with van der Waals surface area (Å²) in [6.07, 6.45) is 4.65. The number of hydrogen-bond acceptors (Lipinski definition) is 3. The number of nitrogens with zero attached hydrogens (tertiary/aromatic N) is 3. The lowest BCUT2D eigenvalue weighted by molar-refractivity contribution is 0.0694. The molecule has 164 valence electrons. The first-order chi connectivity index (χ1) is 14.5. The minimum Gasteiger partial charge on any atom is -0.487 e. The first-order valence-corrected chi connectivity index (χ1v) is 10.3. The molecule has 0 radical (unpaired) electrons. The van der Waals surface area contributed by atoms with E-state index in [9.17, 15) is 0 Å². The van der Waals surface area contributed by atoms with Crippen LogP contribution in [0.1, 0.15) is 43.0 Å². The van der Waals surface area contributed by atoms with Crippen LogP contribution in [-0.2, 0) is 13.1 Å². The van der Waals surface area contributed by atoms with E-state index in [-0.39, 0.29) is 35.6 Å². The maximum absolute atomic E-state index is 6.15. The largest absolute Gasteiger partial charge is 0.487 e. The molecule has 0 spiro atoms. The summed E-state index contributed by atoms with van der Waals surface area (Å²) in [6, 6.07) is 18.7. The van der Waals surface area contributed by atoms with Crippen molar-refractivity contribution in [2.75, 3.05) is 7.05 Å². The van der Waals surface area contributed by atoms with E-state index in [1.54, 1.807) is 13.2 Å². The second-order valence-corrected chi connectivity index (χ2v) is 8.20. The summed E-state index contributed by atoms with van der Waals surface area (Å²) in [5.41, 5.74) is 3.39. The molecule has 1 unspecified atom stereocenters. The van der Waals surface area contributed by atoms with Gasteiger partial charge in [0.25, 0.3) is 0 Å². The third kappa shape index (κ3) is 5.78. The Kier molecular flexibility index (Phi) is 7.59. The molecular weight excluding hydrogens is 501 g/mol. The lowest BCUT2D eigenvalue weighted by atomic mass is 9.90. The Bertz CT molecular complexity index is 1020. The summed E-state index contributed by atoms with van der Waals surface area (Å²) < 4.78 is 8.09. The minimum absolute atomic E-state index is 0. The number of halogens is 1. The summed E-state index contributed by atoms with van der Waals surface area (Å²) in [4.78, 5) is 4.46. The third-order valence-corrected chi connectivity index (χ3v) is 5.37. The van der Waals surface area contributed by atoms with Gasteiger partial charge in [0, 0.05) is 38.0 Å². The molecule has 0 bridgehead atoms. The van der Waals surface area contributed by atoms with Crippen LogP contribution in [-0.4, -0.2) is 28.4 Å². The Balaban J connectivity index is 0.00000272. The summed E-state index contributed by atoms with van der Waals surface area (Å²) in [5.74, 6) is 1.72. The van der Waals surface area contributed by atoms with Crippen molar-refractivity contribution in [3.8, 4) is 5.75 Å². The molecule has 3 aromatic rings. The number of hydrogen-bond donors (Lipinski definition) is 2. The van der Waals surface area contributed by atoms with Gasteiger partial charge >= 0.3 is 0 Å². The van der Waals surface area contributed by atoms with E-state index in [1.807, 2.05) is 29.1 Å². The first-order valence-electron chi connectivity index (χ1n) is 10.3. The molecule has 0 aliphatic carbocycles. The van der Waals surface area contributed by atoms with Crippen molar-refractivity contribution in [3.63, 3.8) is 0 Å². The highest BCUT2D eigenvalue weighted by Gasteiger charge is 2.33.